The summed E-state index contributed by atoms with van der Waals surface area (Å²) < 4.78 is 34.5. The van der Waals surface area contributed by atoms with Crippen LogP contribution in [0.15, 0.2) is 35.2 Å². The number of fused-ring (bicyclic) bond motifs is 1. The van der Waals surface area contributed by atoms with Crippen LogP contribution in [0.2, 0.25) is 0 Å². The van der Waals surface area contributed by atoms with Crippen molar-refractivity contribution in [2.75, 3.05) is 0 Å². The van der Waals surface area contributed by atoms with E-state index in [1.807, 2.05) is 6.07 Å². The molecule has 0 saturated carbocycles. The van der Waals surface area contributed by atoms with E-state index in [9.17, 15) is 13.0 Å². The molecule has 0 spiro atoms. The molecule has 0 unspecified atom stereocenters. The molecular formula is C46H80O3S. The van der Waals surface area contributed by atoms with Crippen LogP contribution in [0.3, 0.4) is 0 Å². The standard InChI is InChI=1S/C46H80O3S/c1-3-5-7-9-11-13-15-17-19-21-23-25-27-29-31-33-35-42-37-39-44-43(41-42)38-40-46(50(47,48)49)45(44)36-34-32-30-28-26-24-22-20-18-16-14-12-10-8-6-4-2/h37-41H,3-36H2,1-2H3,(H,47,48,49). The minimum atomic E-state index is -4.25. The molecule has 288 valence electrons. The van der Waals surface area contributed by atoms with Crippen LogP contribution in [0.1, 0.15) is 230 Å². The van der Waals surface area contributed by atoms with Gasteiger partial charge in [-0.25, -0.2) is 0 Å². The molecule has 0 aromatic heterocycles. The lowest BCUT2D eigenvalue weighted by molar-refractivity contribution is 0.482. The predicted molar refractivity (Wildman–Crippen MR) is 220 cm³/mol. The van der Waals surface area contributed by atoms with E-state index in [0.717, 1.165) is 35.6 Å². The first-order valence-corrected chi connectivity index (χ1v) is 23.4. The molecule has 3 nitrogen and oxygen atoms in total. The molecule has 0 atom stereocenters. The largest absolute Gasteiger partial charge is 0.294 e. The molecular weight excluding hydrogens is 633 g/mol. The van der Waals surface area contributed by atoms with Gasteiger partial charge in [-0.15, -0.1) is 0 Å². The molecule has 50 heavy (non-hydrogen) atoms. The Morgan fingerprint density at radius 3 is 1.12 bits per heavy atom. The van der Waals surface area contributed by atoms with Crippen molar-refractivity contribution in [2.24, 2.45) is 0 Å². The fraction of sp³-hybridized carbons (Fsp3) is 0.783. The molecule has 2 aromatic carbocycles. The van der Waals surface area contributed by atoms with Crippen molar-refractivity contribution in [3.8, 4) is 0 Å². The Labute approximate surface area is 311 Å². The Balaban J connectivity index is 1.59. The Morgan fingerprint density at radius 2 is 0.760 bits per heavy atom. The molecule has 0 heterocycles. The van der Waals surface area contributed by atoms with E-state index >= 15 is 0 Å². The molecule has 2 aromatic rings. The average Bonchev–Trinajstić information content (AvgIpc) is 3.10. The lowest BCUT2D eigenvalue weighted by atomic mass is 9.96. The Kier molecular flexibility index (Phi) is 27.0. The third kappa shape index (κ3) is 21.9. The Hall–Kier alpha value is -1.39. The summed E-state index contributed by atoms with van der Waals surface area (Å²) >= 11 is 0. The molecule has 0 saturated heterocycles. The van der Waals surface area contributed by atoms with Gasteiger partial charge in [0.05, 0.1) is 4.90 Å². The number of unbranched alkanes of at least 4 members (excludes halogenated alkanes) is 30. The third-order valence-electron chi connectivity index (χ3n) is 11.0. The zero-order chi connectivity index (χ0) is 36.0. The highest BCUT2D eigenvalue weighted by molar-refractivity contribution is 7.85. The van der Waals surface area contributed by atoms with Gasteiger partial charge in [-0.2, -0.15) is 8.42 Å². The van der Waals surface area contributed by atoms with Crippen LogP contribution < -0.4 is 0 Å². The van der Waals surface area contributed by atoms with Crippen LogP contribution >= 0.6 is 0 Å². The molecule has 2 rings (SSSR count). The van der Waals surface area contributed by atoms with Crippen molar-refractivity contribution in [1.82, 2.24) is 0 Å². The first-order chi connectivity index (χ1) is 24.5. The van der Waals surface area contributed by atoms with Crippen molar-refractivity contribution in [3.05, 3.63) is 41.5 Å². The Bertz CT molecular complexity index is 1190. The quantitative estimate of drug-likeness (QED) is 0.0572. The summed E-state index contributed by atoms with van der Waals surface area (Å²) in [5.74, 6) is 0. The second-order valence-corrected chi connectivity index (χ2v) is 17.1. The van der Waals surface area contributed by atoms with Gasteiger partial charge in [0.1, 0.15) is 0 Å². The van der Waals surface area contributed by atoms with Gasteiger partial charge in [0, 0.05) is 0 Å². The van der Waals surface area contributed by atoms with Crippen molar-refractivity contribution in [2.45, 2.75) is 237 Å². The summed E-state index contributed by atoms with van der Waals surface area (Å²) in [5.41, 5.74) is 2.13. The normalized spacial score (nSPS) is 12.0. The minimum Gasteiger partial charge on any atom is -0.282 e. The van der Waals surface area contributed by atoms with Gasteiger partial charge in [-0.1, -0.05) is 231 Å². The van der Waals surface area contributed by atoms with Gasteiger partial charge in [-0.3, -0.25) is 4.55 Å². The predicted octanol–water partition coefficient (Wildman–Crippen LogP) is 15.7. The van der Waals surface area contributed by atoms with E-state index in [0.29, 0.717) is 6.42 Å². The summed E-state index contributed by atoms with van der Waals surface area (Å²) in [6.45, 7) is 4.57. The number of hydrogen-bond donors (Lipinski definition) is 1. The summed E-state index contributed by atoms with van der Waals surface area (Å²) in [5, 5.41) is 2.08. The summed E-state index contributed by atoms with van der Waals surface area (Å²) in [4.78, 5) is 0.0940. The summed E-state index contributed by atoms with van der Waals surface area (Å²) in [6, 6.07) is 10.0. The highest BCUT2D eigenvalue weighted by atomic mass is 32.2. The maximum absolute atomic E-state index is 12.3. The lowest BCUT2D eigenvalue weighted by Crippen LogP contribution is -2.04. The molecule has 0 aliphatic rings. The molecule has 0 bridgehead atoms. The molecule has 1 N–H and O–H groups in total. The second-order valence-electron chi connectivity index (χ2n) is 15.7. The topological polar surface area (TPSA) is 54.4 Å². The van der Waals surface area contributed by atoms with Crippen LogP contribution in [0.5, 0.6) is 0 Å². The molecule has 4 heteroatoms. The zero-order valence-corrected chi connectivity index (χ0v) is 33.9. The minimum absolute atomic E-state index is 0.0940. The lowest BCUT2D eigenvalue weighted by Gasteiger charge is -2.13. The van der Waals surface area contributed by atoms with E-state index in [2.05, 4.69) is 32.0 Å². The van der Waals surface area contributed by atoms with Gasteiger partial charge in [0.15, 0.2) is 0 Å². The SMILES string of the molecule is CCCCCCCCCCCCCCCCCCc1ccc2c(CCCCCCCCCCCCCCCCCC)c(S(=O)(=O)O)ccc2c1. The van der Waals surface area contributed by atoms with Crippen molar-refractivity contribution in [1.29, 1.82) is 0 Å². The van der Waals surface area contributed by atoms with Gasteiger partial charge < -0.3 is 0 Å². The van der Waals surface area contributed by atoms with E-state index in [4.69, 9.17) is 0 Å². The summed E-state index contributed by atoms with van der Waals surface area (Å²) in [7, 11) is -4.25. The average molecular weight is 713 g/mol. The molecule has 0 aliphatic heterocycles. The smallest absolute Gasteiger partial charge is 0.282 e. The monoisotopic (exact) mass is 713 g/mol. The van der Waals surface area contributed by atoms with Gasteiger partial charge in [0.2, 0.25) is 0 Å². The number of benzene rings is 2. The molecule has 0 radical (unpaired) electrons. The van der Waals surface area contributed by atoms with Crippen molar-refractivity contribution < 1.29 is 13.0 Å². The van der Waals surface area contributed by atoms with Crippen LogP contribution in [0.25, 0.3) is 10.8 Å². The first kappa shape index (κ1) is 44.8. The second kappa shape index (κ2) is 30.1. The number of rotatable bonds is 35. The fourth-order valence-corrected chi connectivity index (χ4v) is 8.57. The van der Waals surface area contributed by atoms with Crippen LogP contribution in [-0.2, 0) is 23.0 Å². The van der Waals surface area contributed by atoms with Crippen LogP contribution in [-0.4, -0.2) is 13.0 Å². The van der Waals surface area contributed by atoms with Gasteiger partial charge in [0.25, 0.3) is 10.1 Å². The zero-order valence-electron chi connectivity index (χ0n) is 33.1. The van der Waals surface area contributed by atoms with E-state index in [-0.39, 0.29) is 4.90 Å². The summed E-state index contributed by atoms with van der Waals surface area (Å²) in [6.07, 6.45) is 45.1. The maximum Gasteiger partial charge on any atom is 0.294 e. The van der Waals surface area contributed by atoms with E-state index in [1.54, 1.807) is 6.07 Å². The van der Waals surface area contributed by atoms with Crippen molar-refractivity contribution in [3.63, 3.8) is 0 Å². The number of hydrogen-bond acceptors (Lipinski definition) is 2. The molecule has 0 aliphatic carbocycles. The highest BCUT2D eigenvalue weighted by Crippen LogP contribution is 2.29. The Morgan fingerprint density at radius 1 is 0.420 bits per heavy atom. The fourth-order valence-electron chi connectivity index (χ4n) is 7.81. The van der Waals surface area contributed by atoms with Gasteiger partial charge >= 0.3 is 0 Å². The molecule has 0 fully saturated rings. The number of aryl methyl sites for hydroxylation is 2. The first-order valence-electron chi connectivity index (χ1n) is 22.0. The van der Waals surface area contributed by atoms with E-state index in [1.165, 1.54) is 198 Å². The van der Waals surface area contributed by atoms with Crippen LogP contribution in [0.4, 0.5) is 0 Å². The van der Waals surface area contributed by atoms with E-state index < -0.39 is 10.1 Å². The van der Waals surface area contributed by atoms with Crippen molar-refractivity contribution >= 4 is 20.9 Å². The van der Waals surface area contributed by atoms with Gasteiger partial charge in [-0.05, 0) is 53.6 Å². The maximum atomic E-state index is 12.3. The van der Waals surface area contributed by atoms with Crippen LogP contribution in [0, 0.1) is 0 Å². The highest BCUT2D eigenvalue weighted by Gasteiger charge is 2.18. The molecule has 0 amide bonds. The third-order valence-corrected chi connectivity index (χ3v) is 12.0.